The number of hydrogen-bond acceptors (Lipinski definition) is 4. The second kappa shape index (κ2) is 2.91. The van der Waals surface area contributed by atoms with Gasteiger partial charge in [-0.2, -0.15) is 0 Å². The van der Waals surface area contributed by atoms with E-state index in [9.17, 15) is 17.8 Å². The van der Waals surface area contributed by atoms with Crippen molar-refractivity contribution in [2.75, 3.05) is 0 Å². The van der Waals surface area contributed by atoms with Crippen LogP contribution in [0.3, 0.4) is 0 Å². The van der Waals surface area contributed by atoms with Gasteiger partial charge in [-0.3, -0.25) is 4.79 Å². The molecule has 1 aliphatic rings. The molecule has 64 valence electrons. The van der Waals surface area contributed by atoms with Gasteiger partial charge in [-0.1, -0.05) is 0 Å². The zero-order valence-corrected chi connectivity index (χ0v) is 6.76. The van der Waals surface area contributed by atoms with Crippen molar-refractivity contribution >= 4 is 15.9 Å². The Morgan fingerprint density at radius 2 is 2.09 bits per heavy atom. The molecule has 0 aliphatic heterocycles. The van der Waals surface area contributed by atoms with Crippen LogP contribution in [0.15, 0.2) is 0 Å². The minimum Gasteiger partial charge on any atom is -0.748 e. The molecule has 0 amide bonds. The van der Waals surface area contributed by atoms with Gasteiger partial charge in [0.05, 0.1) is 15.4 Å². The normalized spacial score (nSPS) is 27.0. The lowest BCUT2D eigenvalue weighted by Crippen LogP contribution is -2.27. The molecule has 1 rings (SSSR count). The summed E-state index contributed by atoms with van der Waals surface area (Å²) in [6.45, 7) is 0. The largest absolute Gasteiger partial charge is 0.748 e. The van der Waals surface area contributed by atoms with E-state index >= 15 is 0 Å². The summed E-state index contributed by atoms with van der Waals surface area (Å²) >= 11 is 0. The Labute approximate surface area is 65.3 Å². The van der Waals surface area contributed by atoms with Gasteiger partial charge < -0.3 is 4.55 Å². The van der Waals surface area contributed by atoms with Gasteiger partial charge in [0.2, 0.25) is 0 Å². The molecule has 1 aliphatic carbocycles. The molecular formula is C6H9O4S-. The maximum absolute atomic E-state index is 10.7. The molecule has 0 aromatic carbocycles. The predicted molar refractivity (Wildman–Crippen MR) is 37.0 cm³/mol. The fourth-order valence-corrected chi connectivity index (χ4v) is 2.08. The average Bonchev–Trinajstić information content (AvgIpc) is 1.86. The summed E-state index contributed by atoms with van der Waals surface area (Å²) in [4.78, 5) is 10.7. The fourth-order valence-electron chi connectivity index (χ4n) is 1.23. The predicted octanol–water partition coefficient (Wildman–Crippen LogP) is 0.0433. The molecule has 4 nitrogen and oxygen atoms in total. The first-order valence-electron chi connectivity index (χ1n) is 3.46. The molecule has 0 aromatic heterocycles. The van der Waals surface area contributed by atoms with Crippen molar-refractivity contribution in [1.82, 2.24) is 0 Å². The minimum absolute atomic E-state index is 0.0775. The first-order valence-corrected chi connectivity index (χ1v) is 4.93. The molecule has 11 heavy (non-hydrogen) atoms. The first-order chi connectivity index (χ1) is 5.00. The number of ketones is 1. The summed E-state index contributed by atoms with van der Waals surface area (Å²) < 4.78 is 31.3. The van der Waals surface area contributed by atoms with Crippen LogP contribution < -0.4 is 0 Å². The SMILES string of the molecule is O=C1CCCC(S(=O)(=O)[O-])C1. The quantitative estimate of drug-likeness (QED) is 0.530. The minimum atomic E-state index is -4.23. The van der Waals surface area contributed by atoms with Crippen LogP contribution in [0.4, 0.5) is 0 Å². The molecule has 1 unspecified atom stereocenters. The highest BCUT2D eigenvalue weighted by Crippen LogP contribution is 2.20. The van der Waals surface area contributed by atoms with Crippen molar-refractivity contribution < 1.29 is 17.8 Å². The maximum Gasteiger partial charge on any atom is 0.134 e. The lowest BCUT2D eigenvalue weighted by molar-refractivity contribution is -0.120. The Balaban J connectivity index is 2.68. The van der Waals surface area contributed by atoms with Crippen molar-refractivity contribution in [3.8, 4) is 0 Å². The number of rotatable bonds is 1. The smallest absolute Gasteiger partial charge is 0.134 e. The third-order valence-corrected chi connectivity index (χ3v) is 3.06. The molecule has 5 heteroatoms. The molecule has 0 saturated heterocycles. The van der Waals surface area contributed by atoms with E-state index in [1.54, 1.807) is 0 Å². The molecule has 1 saturated carbocycles. The summed E-state index contributed by atoms with van der Waals surface area (Å²) in [5, 5.41) is -0.955. The summed E-state index contributed by atoms with van der Waals surface area (Å²) in [7, 11) is -4.23. The Morgan fingerprint density at radius 1 is 1.45 bits per heavy atom. The van der Waals surface area contributed by atoms with E-state index < -0.39 is 15.4 Å². The van der Waals surface area contributed by atoms with E-state index in [0.29, 0.717) is 19.3 Å². The van der Waals surface area contributed by atoms with Gasteiger partial charge in [-0.05, 0) is 12.8 Å². The van der Waals surface area contributed by atoms with Gasteiger partial charge in [0.1, 0.15) is 5.78 Å². The van der Waals surface area contributed by atoms with Crippen molar-refractivity contribution in [2.24, 2.45) is 0 Å². The van der Waals surface area contributed by atoms with E-state index in [2.05, 4.69) is 0 Å². The Hall–Kier alpha value is -0.420. The molecule has 1 atom stereocenters. The van der Waals surface area contributed by atoms with Crippen LogP contribution in [0.25, 0.3) is 0 Å². The second-order valence-corrected chi connectivity index (χ2v) is 4.40. The summed E-state index contributed by atoms with van der Waals surface area (Å²) in [5.74, 6) is -0.110. The highest BCUT2D eigenvalue weighted by atomic mass is 32.2. The molecule has 0 heterocycles. The molecule has 0 spiro atoms. The van der Waals surface area contributed by atoms with E-state index in [4.69, 9.17) is 0 Å². The van der Waals surface area contributed by atoms with Gasteiger partial charge >= 0.3 is 0 Å². The zero-order chi connectivity index (χ0) is 8.48. The van der Waals surface area contributed by atoms with Crippen LogP contribution in [0.1, 0.15) is 25.7 Å². The zero-order valence-electron chi connectivity index (χ0n) is 5.95. The van der Waals surface area contributed by atoms with Crippen molar-refractivity contribution in [2.45, 2.75) is 30.9 Å². The molecule has 0 radical (unpaired) electrons. The van der Waals surface area contributed by atoms with Crippen molar-refractivity contribution in [3.63, 3.8) is 0 Å². The Bertz CT molecular complexity index is 254. The van der Waals surface area contributed by atoms with Crippen LogP contribution in [-0.4, -0.2) is 24.0 Å². The monoisotopic (exact) mass is 177 g/mol. The van der Waals surface area contributed by atoms with Crippen molar-refractivity contribution in [1.29, 1.82) is 0 Å². The van der Waals surface area contributed by atoms with E-state index in [0.717, 1.165) is 0 Å². The standard InChI is InChI=1S/C6H10O4S/c7-5-2-1-3-6(4-5)11(8,9)10/h6H,1-4H2,(H,8,9,10)/p-1. The van der Waals surface area contributed by atoms with Gasteiger partial charge in [0, 0.05) is 12.8 Å². The van der Waals surface area contributed by atoms with E-state index in [1.165, 1.54) is 0 Å². The Morgan fingerprint density at radius 3 is 2.45 bits per heavy atom. The van der Waals surface area contributed by atoms with Gasteiger partial charge in [0.15, 0.2) is 0 Å². The lowest BCUT2D eigenvalue weighted by atomic mass is 9.99. The fraction of sp³-hybridized carbons (Fsp3) is 0.833. The summed E-state index contributed by atoms with van der Waals surface area (Å²) in [6, 6.07) is 0. The molecular weight excluding hydrogens is 168 g/mol. The van der Waals surface area contributed by atoms with Crippen LogP contribution in [0, 0.1) is 0 Å². The number of Topliss-reactive ketones (excluding diaryl/α,β-unsaturated/α-hetero) is 1. The molecule has 0 aromatic rings. The lowest BCUT2D eigenvalue weighted by Gasteiger charge is -2.23. The first kappa shape index (κ1) is 8.67. The van der Waals surface area contributed by atoms with Crippen LogP contribution >= 0.6 is 0 Å². The molecule has 0 bridgehead atoms. The number of carbonyl (C=O) groups is 1. The van der Waals surface area contributed by atoms with E-state index in [1.807, 2.05) is 0 Å². The maximum atomic E-state index is 10.7. The van der Waals surface area contributed by atoms with Gasteiger partial charge in [-0.15, -0.1) is 0 Å². The Kier molecular flexibility index (Phi) is 2.29. The van der Waals surface area contributed by atoms with E-state index in [-0.39, 0.29) is 12.2 Å². The van der Waals surface area contributed by atoms with Crippen LogP contribution in [-0.2, 0) is 14.9 Å². The van der Waals surface area contributed by atoms with Crippen molar-refractivity contribution in [3.05, 3.63) is 0 Å². The van der Waals surface area contributed by atoms with Gasteiger partial charge in [0.25, 0.3) is 0 Å². The highest BCUT2D eigenvalue weighted by molar-refractivity contribution is 7.86. The second-order valence-electron chi connectivity index (χ2n) is 2.75. The highest BCUT2D eigenvalue weighted by Gasteiger charge is 2.23. The average molecular weight is 177 g/mol. The molecule has 1 fully saturated rings. The van der Waals surface area contributed by atoms with Crippen LogP contribution in [0.2, 0.25) is 0 Å². The van der Waals surface area contributed by atoms with Crippen LogP contribution in [0.5, 0.6) is 0 Å². The summed E-state index contributed by atoms with van der Waals surface area (Å²) in [5.41, 5.74) is 0. The third kappa shape index (κ3) is 2.27. The third-order valence-electron chi connectivity index (χ3n) is 1.85. The number of carbonyl (C=O) groups excluding carboxylic acids is 1. The summed E-state index contributed by atoms with van der Waals surface area (Å²) in [6.07, 6.45) is 1.22. The topological polar surface area (TPSA) is 74.3 Å². The number of hydrogen-bond donors (Lipinski definition) is 0. The molecule has 0 N–H and O–H groups in total. The van der Waals surface area contributed by atoms with Gasteiger partial charge in [-0.25, -0.2) is 8.42 Å².